The number of piperidine rings is 1. The second-order valence-corrected chi connectivity index (χ2v) is 7.02. The smallest absolute Gasteiger partial charge is 0.308 e. The summed E-state index contributed by atoms with van der Waals surface area (Å²) in [6.45, 7) is 1.07. The molecule has 124 valence electrons. The molecule has 1 saturated carbocycles. The number of carbonyl (C=O) groups is 2. The first-order chi connectivity index (χ1) is 11.6. The van der Waals surface area contributed by atoms with Crippen molar-refractivity contribution in [3.63, 3.8) is 0 Å². The Morgan fingerprint density at radius 3 is 2.67 bits per heavy atom. The highest BCUT2D eigenvalue weighted by atomic mass is 16.4. The molecule has 1 heterocycles. The van der Waals surface area contributed by atoms with Crippen molar-refractivity contribution >= 4 is 22.6 Å². The van der Waals surface area contributed by atoms with Gasteiger partial charge < -0.3 is 10.0 Å². The highest BCUT2D eigenvalue weighted by Gasteiger charge is 2.46. The molecule has 0 spiro atoms. The van der Waals surface area contributed by atoms with E-state index in [1.807, 2.05) is 12.1 Å². The van der Waals surface area contributed by atoms with E-state index in [4.69, 9.17) is 0 Å². The molecule has 2 aromatic rings. The van der Waals surface area contributed by atoms with E-state index in [1.54, 1.807) is 4.90 Å². The lowest BCUT2D eigenvalue weighted by molar-refractivity contribution is -0.146. The molecule has 4 heteroatoms. The molecule has 4 nitrogen and oxygen atoms in total. The third kappa shape index (κ3) is 2.77. The van der Waals surface area contributed by atoms with Gasteiger partial charge in [-0.2, -0.15) is 0 Å². The predicted molar refractivity (Wildman–Crippen MR) is 91.7 cm³/mol. The van der Waals surface area contributed by atoms with Crippen LogP contribution in [0.1, 0.15) is 30.7 Å². The number of carboxylic acids is 1. The molecule has 1 saturated heterocycles. The fraction of sp³-hybridized carbons (Fsp3) is 0.400. The summed E-state index contributed by atoms with van der Waals surface area (Å²) in [4.78, 5) is 25.7. The fourth-order valence-corrected chi connectivity index (χ4v) is 3.89. The Labute approximate surface area is 141 Å². The van der Waals surface area contributed by atoms with Gasteiger partial charge in [-0.25, -0.2) is 0 Å². The van der Waals surface area contributed by atoms with Crippen LogP contribution >= 0.6 is 0 Å². The highest BCUT2D eigenvalue weighted by molar-refractivity contribution is 5.86. The van der Waals surface area contributed by atoms with Crippen molar-refractivity contribution in [2.75, 3.05) is 13.1 Å². The summed E-state index contributed by atoms with van der Waals surface area (Å²) < 4.78 is 0. The number of carbonyl (C=O) groups excluding carboxylic acids is 1. The number of nitrogens with zero attached hydrogens (tertiary/aromatic N) is 1. The third-order valence-electron chi connectivity index (χ3n) is 5.39. The van der Waals surface area contributed by atoms with Crippen molar-refractivity contribution in [3.05, 3.63) is 48.0 Å². The van der Waals surface area contributed by atoms with Gasteiger partial charge in [0.25, 0.3) is 0 Å². The average molecular weight is 323 g/mol. The molecule has 0 bridgehead atoms. The Hall–Kier alpha value is -2.36. The van der Waals surface area contributed by atoms with Gasteiger partial charge in [0.2, 0.25) is 5.91 Å². The summed E-state index contributed by atoms with van der Waals surface area (Å²) in [7, 11) is 0. The summed E-state index contributed by atoms with van der Waals surface area (Å²) in [5, 5.41) is 11.6. The van der Waals surface area contributed by atoms with Gasteiger partial charge >= 0.3 is 5.97 Å². The van der Waals surface area contributed by atoms with Crippen molar-refractivity contribution in [3.8, 4) is 0 Å². The normalized spacial score (nSPS) is 26.3. The second kappa shape index (κ2) is 5.93. The zero-order chi connectivity index (χ0) is 16.7. The van der Waals surface area contributed by atoms with Crippen LogP contribution in [0.25, 0.3) is 10.8 Å². The molecule has 4 rings (SSSR count). The van der Waals surface area contributed by atoms with E-state index in [-0.39, 0.29) is 17.7 Å². The minimum absolute atomic E-state index is 0.0266. The van der Waals surface area contributed by atoms with E-state index in [2.05, 4.69) is 30.3 Å². The van der Waals surface area contributed by atoms with Crippen molar-refractivity contribution in [2.45, 2.75) is 25.2 Å². The lowest BCUT2D eigenvalue weighted by atomic mass is 9.97. The van der Waals surface area contributed by atoms with Gasteiger partial charge in [0.05, 0.1) is 5.92 Å². The number of hydrogen-bond acceptors (Lipinski definition) is 2. The lowest BCUT2D eigenvalue weighted by Gasteiger charge is -2.31. The number of hydrogen-bond donors (Lipinski definition) is 1. The molecule has 2 fully saturated rings. The number of benzene rings is 2. The second-order valence-electron chi connectivity index (χ2n) is 7.02. The zero-order valence-corrected chi connectivity index (χ0v) is 13.5. The first-order valence-corrected chi connectivity index (χ1v) is 8.64. The van der Waals surface area contributed by atoms with Crippen LogP contribution < -0.4 is 0 Å². The Kier molecular flexibility index (Phi) is 3.75. The number of aliphatic carboxylic acids is 1. The molecular weight excluding hydrogens is 302 g/mol. The lowest BCUT2D eigenvalue weighted by Crippen LogP contribution is -2.43. The first kappa shape index (κ1) is 15.2. The van der Waals surface area contributed by atoms with E-state index in [0.717, 1.165) is 12.8 Å². The van der Waals surface area contributed by atoms with Gasteiger partial charge in [-0.05, 0) is 41.5 Å². The molecule has 2 aromatic carbocycles. The van der Waals surface area contributed by atoms with Crippen LogP contribution in [0, 0.1) is 11.8 Å². The number of carboxylic acid groups (broad SMARTS) is 1. The van der Waals surface area contributed by atoms with Crippen molar-refractivity contribution in [1.29, 1.82) is 0 Å². The minimum Gasteiger partial charge on any atom is -0.481 e. The number of rotatable bonds is 3. The van der Waals surface area contributed by atoms with Crippen molar-refractivity contribution < 1.29 is 14.7 Å². The van der Waals surface area contributed by atoms with Crippen LogP contribution in [0.5, 0.6) is 0 Å². The van der Waals surface area contributed by atoms with E-state index >= 15 is 0 Å². The maximum Gasteiger partial charge on any atom is 0.308 e. The van der Waals surface area contributed by atoms with Gasteiger partial charge in [-0.15, -0.1) is 0 Å². The zero-order valence-electron chi connectivity index (χ0n) is 13.5. The van der Waals surface area contributed by atoms with Crippen LogP contribution in [0.15, 0.2) is 42.5 Å². The molecule has 0 unspecified atom stereocenters. The predicted octanol–water partition coefficient (Wildman–Crippen LogP) is 3.27. The molecule has 0 aromatic heterocycles. The maximum absolute atomic E-state index is 12.7. The summed E-state index contributed by atoms with van der Waals surface area (Å²) in [6.07, 6.45) is 2.35. The van der Waals surface area contributed by atoms with Gasteiger partial charge in [-0.3, -0.25) is 9.59 Å². The van der Waals surface area contributed by atoms with Gasteiger partial charge in [0.1, 0.15) is 0 Å². The summed E-state index contributed by atoms with van der Waals surface area (Å²) in [5.41, 5.74) is 1.22. The van der Waals surface area contributed by atoms with Crippen LogP contribution in [-0.2, 0) is 9.59 Å². The van der Waals surface area contributed by atoms with Crippen LogP contribution in [0.4, 0.5) is 0 Å². The number of amides is 1. The summed E-state index contributed by atoms with van der Waals surface area (Å²) in [5.74, 6) is -0.736. The molecular formula is C20H21NO3. The Balaban J connectivity index is 1.46. The van der Waals surface area contributed by atoms with E-state index in [9.17, 15) is 14.7 Å². The highest BCUT2D eigenvalue weighted by Crippen LogP contribution is 2.49. The van der Waals surface area contributed by atoms with Crippen LogP contribution in [0.2, 0.25) is 0 Å². The fourth-order valence-electron chi connectivity index (χ4n) is 3.89. The van der Waals surface area contributed by atoms with Crippen LogP contribution in [0.3, 0.4) is 0 Å². The molecule has 2 aliphatic rings. The topological polar surface area (TPSA) is 57.6 Å². The van der Waals surface area contributed by atoms with E-state index < -0.39 is 11.9 Å². The maximum atomic E-state index is 12.7. The monoisotopic (exact) mass is 323 g/mol. The molecule has 24 heavy (non-hydrogen) atoms. The average Bonchev–Trinajstić information content (AvgIpc) is 3.41. The number of fused-ring (bicyclic) bond motifs is 1. The molecule has 1 N–H and O–H groups in total. The number of likely N-dealkylation sites (tertiary alicyclic amines) is 1. The van der Waals surface area contributed by atoms with E-state index in [1.165, 1.54) is 16.3 Å². The van der Waals surface area contributed by atoms with E-state index in [0.29, 0.717) is 19.5 Å². The summed E-state index contributed by atoms with van der Waals surface area (Å²) in [6, 6.07) is 14.7. The molecule has 3 atom stereocenters. The first-order valence-electron chi connectivity index (χ1n) is 8.64. The summed E-state index contributed by atoms with van der Waals surface area (Å²) >= 11 is 0. The van der Waals surface area contributed by atoms with Crippen LogP contribution in [-0.4, -0.2) is 35.0 Å². The van der Waals surface area contributed by atoms with Crippen molar-refractivity contribution in [2.24, 2.45) is 11.8 Å². The third-order valence-corrected chi connectivity index (χ3v) is 5.39. The van der Waals surface area contributed by atoms with Gasteiger partial charge in [0, 0.05) is 19.0 Å². The molecule has 1 aliphatic heterocycles. The largest absolute Gasteiger partial charge is 0.481 e. The Bertz CT molecular complexity index is 800. The SMILES string of the molecule is O=C(O)[C@@H]1CCCN(C(=O)[C@@H]2C[C@H]2c2ccc3ccccc3c2)C1. The molecule has 0 radical (unpaired) electrons. The van der Waals surface area contributed by atoms with Crippen molar-refractivity contribution in [1.82, 2.24) is 4.90 Å². The standard InChI is InChI=1S/C20H21NO3/c22-19(21-9-3-6-16(12-21)20(23)24)18-11-17(18)15-8-7-13-4-1-2-5-14(13)10-15/h1-2,4-5,7-8,10,16-18H,3,6,9,11-12H2,(H,23,24)/t16-,17+,18-/m1/s1. The van der Waals surface area contributed by atoms with Gasteiger partial charge in [0.15, 0.2) is 0 Å². The minimum atomic E-state index is -0.783. The Morgan fingerprint density at radius 2 is 1.88 bits per heavy atom. The quantitative estimate of drug-likeness (QED) is 0.943. The Morgan fingerprint density at radius 1 is 1.08 bits per heavy atom. The molecule has 1 amide bonds. The molecule has 1 aliphatic carbocycles. The van der Waals surface area contributed by atoms with Gasteiger partial charge in [-0.1, -0.05) is 42.5 Å².